The second-order valence-corrected chi connectivity index (χ2v) is 6.63. The number of carboxylic acids is 1. The third-order valence-corrected chi connectivity index (χ3v) is 4.73. The minimum atomic E-state index is -1.15. The molecule has 1 amide bonds. The number of thiocarbonyl (C=S) groups is 1. The van der Waals surface area contributed by atoms with E-state index in [1.54, 1.807) is 54.7 Å². The van der Waals surface area contributed by atoms with Gasteiger partial charge in [0.05, 0.1) is 10.6 Å². The number of rotatable bonds is 4. The van der Waals surface area contributed by atoms with E-state index in [4.69, 9.17) is 12.2 Å². The molecule has 0 bridgehead atoms. The van der Waals surface area contributed by atoms with Crippen LogP contribution in [0.15, 0.2) is 59.6 Å². The Bertz CT molecular complexity index is 822. The van der Waals surface area contributed by atoms with Crippen LogP contribution in [0.1, 0.15) is 17.3 Å². The number of carbonyl (C=O) groups is 2. The van der Waals surface area contributed by atoms with Gasteiger partial charge in [-0.05, 0) is 23.8 Å². The Morgan fingerprint density at radius 1 is 1.21 bits per heavy atom. The average molecular weight is 356 g/mol. The van der Waals surface area contributed by atoms with Crippen molar-refractivity contribution in [2.24, 2.45) is 0 Å². The number of nitrogens with zero attached hydrogens (tertiary/aromatic N) is 2. The van der Waals surface area contributed by atoms with E-state index in [1.165, 1.54) is 0 Å². The van der Waals surface area contributed by atoms with Gasteiger partial charge < -0.3 is 5.11 Å². The van der Waals surface area contributed by atoms with Gasteiger partial charge in [-0.15, -0.1) is 0 Å². The molecule has 120 valence electrons. The second-order valence-electron chi connectivity index (χ2n) is 4.96. The highest BCUT2D eigenvalue weighted by Gasteiger charge is 2.41. The molecule has 5 nitrogen and oxygen atoms in total. The van der Waals surface area contributed by atoms with Gasteiger partial charge in [0.2, 0.25) is 0 Å². The summed E-state index contributed by atoms with van der Waals surface area (Å²) in [7, 11) is 0. The van der Waals surface area contributed by atoms with E-state index in [2.05, 4.69) is 4.98 Å². The summed E-state index contributed by atoms with van der Waals surface area (Å²) in [6.45, 7) is 0. The van der Waals surface area contributed by atoms with Crippen LogP contribution in [-0.4, -0.2) is 31.2 Å². The minimum Gasteiger partial charge on any atom is -0.479 e. The molecule has 1 aromatic carbocycles. The van der Waals surface area contributed by atoms with Crippen LogP contribution >= 0.6 is 24.0 Å². The first-order valence-corrected chi connectivity index (χ1v) is 8.26. The molecule has 1 saturated heterocycles. The molecule has 1 aliphatic heterocycles. The van der Waals surface area contributed by atoms with E-state index in [1.807, 2.05) is 6.07 Å². The Morgan fingerprint density at radius 2 is 1.92 bits per heavy atom. The molecule has 0 aliphatic carbocycles. The maximum atomic E-state index is 12.7. The lowest BCUT2D eigenvalue weighted by Gasteiger charge is -2.23. The fourth-order valence-corrected chi connectivity index (χ4v) is 3.63. The predicted molar refractivity (Wildman–Crippen MR) is 96.1 cm³/mol. The highest BCUT2D eigenvalue weighted by atomic mass is 32.2. The van der Waals surface area contributed by atoms with Crippen LogP contribution in [0.4, 0.5) is 0 Å². The van der Waals surface area contributed by atoms with E-state index in [0.29, 0.717) is 16.2 Å². The zero-order valence-corrected chi connectivity index (χ0v) is 14.0. The van der Waals surface area contributed by atoms with Gasteiger partial charge in [0, 0.05) is 6.20 Å². The minimum absolute atomic E-state index is 0.221. The quantitative estimate of drug-likeness (QED) is 0.670. The lowest BCUT2D eigenvalue weighted by molar-refractivity contribution is -0.145. The maximum absolute atomic E-state index is 12.7. The zero-order valence-electron chi connectivity index (χ0n) is 12.3. The number of carbonyl (C=O) groups excluding carboxylic acids is 1. The number of aliphatic carboxylic acids is 1. The van der Waals surface area contributed by atoms with Crippen molar-refractivity contribution in [3.63, 3.8) is 0 Å². The van der Waals surface area contributed by atoms with E-state index in [-0.39, 0.29) is 4.32 Å². The molecular weight excluding hydrogens is 344 g/mol. The summed E-state index contributed by atoms with van der Waals surface area (Å²) in [6, 6.07) is 12.8. The van der Waals surface area contributed by atoms with Crippen molar-refractivity contribution >= 4 is 46.3 Å². The first kappa shape index (κ1) is 16.4. The fourth-order valence-electron chi connectivity index (χ4n) is 2.34. The smallest absolute Gasteiger partial charge is 0.331 e. The van der Waals surface area contributed by atoms with Gasteiger partial charge in [0.15, 0.2) is 6.04 Å². The summed E-state index contributed by atoms with van der Waals surface area (Å²) in [5, 5.41) is 9.60. The Hall–Kier alpha value is -2.51. The zero-order chi connectivity index (χ0) is 17.1. The Labute approximate surface area is 148 Å². The first-order chi connectivity index (χ1) is 11.6. The van der Waals surface area contributed by atoms with Crippen molar-refractivity contribution in [2.75, 3.05) is 0 Å². The van der Waals surface area contributed by atoms with Gasteiger partial charge in [-0.3, -0.25) is 14.7 Å². The van der Waals surface area contributed by atoms with Gasteiger partial charge in [0.1, 0.15) is 4.32 Å². The van der Waals surface area contributed by atoms with Crippen LogP contribution in [0.25, 0.3) is 6.08 Å². The van der Waals surface area contributed by atoms with Crippen LogP contribution in [0.5, 0.6) is 0 Å². The van der Waals surface area contributed by atoms with E-state index in [9.17, 15) is 14.7 Å². The number of pyridine rings is 1. The summed E-state index contributed by atoms with van der Waals surface area (Å²) >= 11 is 6.33. The highest BCUT2D eigenvalue weighted by Crippen LogP contribution is 2.38. The summed E-state index contributed by atoms with van der Waals surface area (Å²) in [6.07, 6.45) is 3.24. The van der Waals surface area contributed by atoms with Crippen molar-refractivity contribution in [3.05, 3.63) is 70.9 Å². The number of aromatic nitrogens is 1. The molecule has 0 spiro atoms. The third-order valence-electron chi connectivity index (χ3n) is 3.40. The number of hydrogen-bond donors (Lipinski definition) is 1. The number of carboxylic acid groups (broad SMARTS) is 1. The van der Waals surface area contributed by atoms with Crippen molar-refractivity contribution in [1.82, 2.24) is 9.88 Å². The standard InChI is InChI=1S/C17H12N2O3S2/c20-15-13(10-12-8-4-5-9-18-12)24-17(23)19(15)14(16(21)22)11-6-2-1-3-7-11/h1-10,14H,(H,21,22)/b13-10-. The number of hydrogen-bond acceptors (Lipinski definition) is 5. The molecule has 0 radical (unpaired) electrons. The van der Waals surface area contributed by atoms with Crippen molar-refractivity contribution in [3.8, 4) is 0 Å². The SMILES string of the molecule is O=C(O)C(c1ccccc1)N1C(=O)/C(=C/c2ccccn2)SC1=S. The first-order valence-electron chi connectivity index (χ1n) is 7.04. The van der Waals surface area contributed by atoms with E-state index >= 15 is 0 Å². The molecular formula is C17H12N2O3S2. The lowest BCUT2D eigenvalue weighted by atomic mass is 10.1. The molecule has 2 aromatic rings. The van der Waals surface area contributed by atoms with Crippen LogP contribution in [-0.2, 0) is 9.59 Å². The van der Waals surface area contributed by atoms with Gasteiger partial charge in [-0.2, -0.15) is 0 Å². The van der Waals surface area contributed by atoms with Gasteiger partial charge in [0.25, 0.3) is 5.91 Å². The third kappa shape index (κ3) is 3.22. The van der Waals surface area contributed by atoms with Gasteiger partial charge >= 0.3 is 5.97 Å². The molecule has 1 atom stereocenters. The molecule has 1 fully saturated rings. The summed E-state index contributed by atoms with van der Waals surface area (Å²) in [5.74, 6) is -1.55. The average Bonchev–Trinajstić information content (AvgIpc) is 2.85. The van der Waals surface area contributed by atoms with E-state index < -0.39 is 17.9 Å². The fraction of sp³-hybridized carbons (Fsp3) is 0.0588. The van der Waals surface area contributed by atoms with Gasteiger partial charge in [-0.1, -0.05) is 60.4 Å². The Kier molecular flexibility index (Phi) is 4.73. The van der Waals surface area contributed by atoms with Crippen molar-refractivity contribution in [2.45, 2.75) is 6.04 Å². The normalized spacial score (nSPS) is 17.3. The van der Waals surface area contributed by atoms with Crippen molar-refractivity contribution in [1.29, 1.82) is 0 Å². The molecule has 1 aromatic heterocycles. The largest absolute Gasteiger partial charge is 0.479 e. The molecule has 1 aliphatic rings. The monoisotopic (exact) mass is 356 g/mol. The van der Waals surface area contributed by atoms with Crippen LogP contribution < -0.4 is 0 Å². The molecule has 1 unspecified atom stereocenters. The van der Waals surface area contributed by atoms with Crippen LogP contribution in [0.2, 0.25) is 0 Å². The lowest BCUT2D eigenvalue weighted by Crippen LogP contribution is -2.37. The van der Waals surface area contributed by atoms with Gasteiger partial charge in [-0.25, -0.2) is 4.79 Å². The van der Waals surface area contributed by atoms with E-state index in [0.717, 1.165) is 16.7 Å². The number of thioether (sulfide) groups is 1. The Balaban J connectivity index is 1.96. The van der Waals surface area contributed by atoms with Crippen LogP contribution in [0, 0.1) is 0 Å². The highest BCUT2D eigenvalue weighted by molar-refractivity contribution is 8.26. The molecule has 24 heavy (non-hydrogen) atoms. The molecule has 1 N–H and O–H groups in total. The number of benzene rings is 1. The molecule has 0 saturated carbocycles. The molecule has 7 heteroatoms. The second kappa shape index (κ2) is 6.94. The molecule has 2 heterocycles. The topological polar surface area (TPSA) is 70.5 Å². The predicted octanol–water partition coefficient (Wildman–Crippen LogP) is 3.11. The molecule has 3 rings (SSSR count). The van der Waals surface area contributed by atoms with Crippen LogP contribution in [0.3, 0.4) is 0 Å². The maximum Gasteiger partial charge on any atom is 0.331 e. The summed E-state index contributed by atoms with van der Waals surface area (Å²) in [5.41, 5.74) is 1.12. The Morgan fingerprint density at radius 3 is 2.54 bits per heavy atom. The summed E-state index contributed by atoms with van der Waals surface area (Å²) in [4.78, 5) is 30.1. The number of amides is 1. The van der Waals surface area contributed by atoms with Crippen molar-refractivity contribution < 1.29 is 14.7 Å². The summed E-state index contributed by atoms with van der Waals surface area (Å²) < 4.78 is 0.221.